The number of carbonyl (C=O) groups excluding carboxylic acids is 3. The van der Waals surface area contributed by atoms with Crippen LogP contribution in [0.5, 0.6) is 11.5 Å². The van der Waals surface area contributed by atoms with Crippen molar-refractivity contribution in [3.63, 3.8) is 0 Å². The van der Waals surface area contributed by atoms with Crippen LogP contribution in [-0.4, -0.2) is 30.6 Å². The lowest BCUT2D eigenvalue weighted by atomic mass is 10.1. The molecule has 1 fully saturated rings. The molecule has 0 bridgehead atoms. The van der Waals surface area contributed by atoms with Crippen LogP contribution in [0.25, 0.3) is 6.08 Å². The number of aryl methyl sites for hydroxylation is 1. The van der Waals surface area contributed by atoms with Gasteiger partial charge in [-0.1, -0.05) is 15.9 Å². The molecule has 4 amide bonds. The summed E-state index contributed by atoms with van der Waals surface area (Å²) in [5.41, 5.74) is 1.65. The molecule has 2 aromatic carbocycles. The fourth-order valence-corrected chi connectivity index (χ4v) is 4.11. The van der Waals surface area contributed by atoms with Gasteiger partial charge in [0.25, 0.3) is 11.8 Å². The second-order valence-corrected chi connectivity index (χ2v) is 9.34. The number of halogens is 2. The highest BCUT2D eigenvalue weighted by molar-refractivity contribution is 14.1. The fraction of sp³-hybridized carbons (Fsp3) is 0.261. The number of anilines is 1. The largest absolute Gasteiger partial charge is 0.490 e. The Hall–Kier alpha value is -2.40. The number of hydrogen-bond acceptors (Lipinski definition) is 5. The van der Waals surface area contributed by atoms with Gasteiger partial charge >= 0.3 is 6.03 Å². The molecule has 2 aromatic rings. The Bertz CT molecular complexity index is 1130. The minimum atomic E-state index is -0.788. The van der Waals surface area contributed by atoms with Crippen molar-refractivity contribution in [3.05, 3.63) is 55.1 Å². The normalized spacial score (nSPS) is 15.4. The maximum absolute atomic E-state index is 13.2. The SMILES string of the molecule is CCOc1cc(/C=C2/C(=O)NC(=O)N(c3ccc(Br)c(C)c3)C2=O)cc(I)c1OC(C)C. The van der Waals surface area contributed by atoms with Crippen molar-refractivity contribution < 1.29 is 23.9 Å². The van der Waals surface area contributed by atoms with Crippen molar-refractivity contribution in [1.82, 2.24) is 5.32 Å². The van der Waals surface area contributed by atoms with Gasteiger partial charge in [-0.15, -0.1) is 0 Å². The molecule has 3 rings (SSSR count). The van der Waals surface area contributed by atoms with E-state index in [4.69, 9.17) is 9.47 Å². The summed E-state index contributed by atoms with van der Waals surface area (Å²) in [4.78, 5) is 39.1. The Morgan fingerprint density at radius 3 is 2.53 bits per heavy atom. The summed E-state index contributed by atoms with van der Waals surface area (Å²) in [7, 11) is 0. The molecule has 0 spiro atoms. The summed E-state index contributed by atoms with van der Waals surface area (Å²) in [6, 6.07) is 7.79. The average molecular weight is 613 g/mol. The molecule has 0 unspecified atom stereocenters. The first kappa shape index (κ1) is 24.2. The lowest BCUT2D eigenvalue weighted by Gasteiger charge is -2.26. The van der Waals surface area contributed by atoms with E-state index < -0.39 is 17.8 Å². The minimum Gasteiger partial charge on any atom is -0.490 e. The summed E-state index contributed by atoms with van der Waals surface area (Å²) >= 11 is 5.53. The van der Waals surface area contributed by atoms with Crippen LogP contribution < -0.4 is 19.7 Å². The number of amides is 4. The van der Waals surface area contributed by atoms with Gasteiger partial charge in [-0.25, -0.2) is 9.69 Å². The van der Waals surface area contributed by atoms with E-state index in [1.807, 2.05) is 27.7 Å². The van der Waals surface area contributed by atoms with Gasteiger partial charge in [0.05, 0.1) is 22.0 Å². The van der Waals surface area contributed by atoms with Crippen molar-refractivity contribution in [2.45, 2.75) is 33.8 Å². The number of urea groups is 1. The third-order valence-corrected chi connectivity index (χ3v) is 6.19. The van der Waals surface area contributed by atoms with Crippen LogP contribution in [0, 0.1) is 10.5 Å². The van der Waals surface area contributed by atoms with E-state index in [2.05, 4.69) is 43.8 Å². The lowest BCUT2D eigenvalue weighted by Crippen LogP contribution is -2.54. The number of barbiturate groups is 1. The van der Waals surface area contributed by atoms with Gasteiger partial charge in [-0.05, 0) is 97.8 Å². The summed E-state index contributed by atoms with van der Waals surface area (Å²) in [5, 5.41) is 2.24. The van der Waals surface area contributed by atoms with Crippen LogP contribution in [-0.2, 0) is 9.59 Å². The number of imide groups is 2. The van der Waals surface area contributed by atoms with Gasteiger partial charge in [0, 0.05) is 4.47 Å². The van der Waals surface area contributed by atoms with Crippen LogP contribution in [0.15, 0.2) is 40.4 Å². The standard InChI is InChI=1S/C23H22BrIN2O5/c1-5-31-19-11-14(10-18(25)20(19)32-12(2)3)9-16-21(28)26-23(30)27(22(16)29)15-6-7-17(24)13(4)8-15/h6-12H,5H2,1-4H3,(H,26,28,30)/b16-9-. The second-order valence-electron chi connectivity index (χ2n) is 7.32. The molecule has 0 aromatic heterocycles. The maximum Gasteiger partial charge on any atom is 0.335 e. The summed E-state index contributed by atoms with van der Waals surface area (Å²) in [5.74, 6) is -0.331. The number of nitrogens with one attached hydrogen (secondary N) is 1. The van der Waals surface area contributed by atoms with E-state index >= 15 is 0 Å². The lowest BCUT2D eigenvalue weighted by molar-refractivity contribution is -0.122. The Morgan fingerprint density at radius 2 is 1.91 bits per heavy atom. The van der Waals surface area contributed by atoms with Crippen LogP contribution >= 0.6 is 38.5 Å². The summed E-state index contributed by atoms with van der Waals surface area (Å²) in [6.45, 7) is 7.97. The first-order valence-corrected chi connectivity index (χ1v) is 11.8. The summed E-state index contributed by atoms with van der Waals surface area (Å²) < 4.78 is 13.2. The molecule has 0 radical (unpaired) electrons. The van der Waals surface area contributed by atoms with Crippen molar-refractivity contribution >= 4 is 68.1 Å². The first-order chi connectivity index (χ1) is 15.1. The molecule has 1 aliphatic heterocycles. The molecular weight excluding hydrogens is 591 g/mol. The molecule has 32 heavy (non-hydrogen) atoms. The molecule has 0 atom stereocenters. The van der Waals surface area contributed by atoms with Crippen molar-refractivity contribution in [2.24, 2.45) is 0 Å². The predicted octanol–water partition coefficient (Wildman–Crippen LogP) is 5.21. The first-order valence-electron chi connectivity index (χ1n) is 9.93. The highest BCUT2D eigenvalue weighted by atomic mass is 127. The average Bonchev–Trinajstić information content (AvgIpc) is 2.70. The Kier molecular flexibility index (Phi) is 7.60. The third kappa shape index (κ3) is 5.15. The molecule has 168 valence electrons. The van der Waals surface area contributed by atoms with Gasteiger partial charge in [-0.2, -0.15) is 0 Å². The number of carbonyl (C=O) groups is 3. The van der Waals surface area contributed by atoms with Crippen LogP contribution in [0.4, 0.5) is 10.5 Å². The monoisotopic (exact) mass is 612 g/mol. The Balaban J connectivity index is 2.04. The molecule has 1 N–H and O–H groups in total. The number of rotatable bonds is 6. The van der Waals surface area contributed by atoms with E-state index in [0.29, 0.717) is 29.4 Å². The second kappa shape index (κ2) is 10.0. The predicted molar refractivity (Wildman–Crippen MR) is 134 cm³/mol. The van der Waals surface area contributed by atoms with Gasteiger partial charge in [0.15, 0.2) is 11.5 Å². The van der Waals surface area contributed by atoms with Gasteiger partial charge in [-0.3, -0.25) is 14.9 Å². The van der Waals surface area contributed by atoms with Gasteiger partial charge in [0.1, 0.15) is 5.57 Å². The smallest absolute Gasteiger partial charge is 0.335 e. The quantitative estimate of drug-likeness (QED) is 0.275. The highest BCUT2D eigenvalue weighted by Gasteiger charge is 2.37. The molecule has 0 saturated carbocycles. The molecule has 7 nitrogen and oxygen atoms in total. The topological polar surface area (TPSA) is 84.9 Å². The Morgan fingerprint density at radius 1 is 1.19 bits per heavy atom. The van der Waals surface area contributed by atoms with Crippen LogP contribution in [0.1, 0.15) is 31.9 Å². The fourth-order valence-electron chi connectivity index (χ4n) is 3.11. The van der Waals surface area contributed by atoms with Gasteiger partial charge in [0.2, 0.25) is 0 Å². The molecule has 1 saturated heterocycles. The van der Waals surface area contributed by atoms with Crippen LogP contribution in [0.2, 0.25) is 0 Å². The number of nitrogens with zero attached hydrogens (tertiary/aromatic N) is 1. The van der Waals surface area contributed by atoms with Crippen molar-refractivity contribution in [2.75, 3.05) is 11.5 Å². The van der Waals surface area contributed by atoms with E-state index in [-0.39, 0.29) is 11.7 Å². The molecule has 1 aliphatic rings. The Labute approximate surface area is 208 Å². The van der Waals surface area contributed by atoms with E-state index in [1.54, 1.807) is 30.3 Å². The zero-order valence-electron chi connectivity index (χ0n) is 18.0. The van der Waals surface area contributed by atoms with E-state index in [1.165, 1.54) is 6.08 Å². The maximum atomic E-state index is 13.2. The molecular formula is C23H22BrIN2O5. The zero-order valence-corrected chi connectivity index (χ0v) is 21.7. The minimum absolute atomic E-state index is 0.0495. The van der Waals surface area contributed by atoms with Gasteiger partial charge < -0.3 is 9.47 Å². The highest BCUT2D eigenvalue weighted by Crippen LogP contribution is 2.36. The third-order valence-electron chi connectivity index (χ3n) is 4.50. The van der Waals surface area contributed by atoms with Crippen molar-refractivity contribution in [3.8, 4) is 11.5 Å². The zero-order chi connectivity index (χ0) is 23.6. The number of ether oxygens (including phenoxy) is 2. The molecule has 0 aliphatic carbocycles. The van der Waals surface area contributed by atoms with E-state index in [9.17, 15) is 14.4 Å². The molecule has 9 heteroatoms. The van der Waals surface area contributed by atoms with E-state index in [0.717, 1.165) is 18.5 Å². The molecule has 1 heterocycles. The summed E-state index contributed by atoms with van der Waals surface area (Å²) in [6.07, 6.45) is 1.40. The number of hydrogen-bond donors (Lipinski definition) is 1. The number of benzene rings is 2. The van der Waals surface area contributed by atoms with Crippen LogP contribution in [0.3, 0.4) is 0 Å². The van der Waals surface area contributed by atoms with Crippen molar-refractivity contribution in [1.29, 1.82) is 0 Å².